The first kappa shape index (κ1) is 17.3. The van der Waals surface area contributed by atoms with Crippen molar-refractivity contribution in [3.63, 3.8) is 0 Å². The number of benzene rings is 2. The van der Waals surface area contributed by atoms with Crippen molar-refractivity contribution in [2.75, 3.05) is 18.5 Å². The molecule has 2 aromatic rings. The van der Waals surface area contributed by atoms with Gasteiger partial charge in [-0.05, 0) is 43.3 Å². The summed E-state index contributed by atoms with van der Waals surface area (Å²) in [6.45, 7) is 2.92. The smallest absolute Gasteiger partial charge is 0.237 e. The molecule has 4 nitrogen and oxygen atoms in total. The van der Waals surface area contributed by atoms with Crippen LogP contribution in [0.3, 0.4) is 0 Å². The SMILES string of the molecule is C[C@@H](Sc1ccc2c(c1)OCCO2)C(=O)Nc1cc(Cl)ccc1Cl. The van der Waals surface area contributed by atoms with Gasteiger partial charge in [0.1, 0.15) is 13.2 Å². The zero-order valence-electron chi connectivity index (χ0n) is 12.8. The highest BCUT2D eigenvalue weighted by atomic mass is 35.5. The molecule has 1 N–H and O–H groups in total. The Morgan fingerprint density at radius 3 is 2.67 bits per heavy atom. The second-order valence-electron chi connectivity index (χ2n) is 5.18. The van der Waals surface area contributed by atoms with E-state index in [2.05, 4.69) is 5.32 Å². The van der Waals surface area contributed by atoms with E-state index in [1.54, 1.807) is 18.2 Å². The van der Waals surface area contributed by atoms with Gasteiger partial charge < -0.3 is 14.8 Å². The van der Waals surface area contributed by atoms with Gasteiger partial charge in [-0.1, -0.05) is 23.2 Å². The molecular formula is C17H15Cl2NO3S. The normalized spacial score (nSPS) is 14.1. The van der Waals surface area contributed by atoms with Crippen LogP contribution in [-0.2, 0) is 4.79 Å². The number of anilines is 1. The van der Waals surface area contributed by atoms with Crippen LogP contribution in [0, 0.1) is 0 Å². The third-order valence-electron chi connectivity index (χ3n) is 3.38. The summed E-state index contributed by atoms with van der Waals surface area (Å²) in [4.78, 5) is 13.3. The number of thioether (sulfide) groups is 1. The van der Waals surface area contributed by atoms with Crippen LogP contribution < -0.4 is 14.8 Å². The Morgan fingerprint density at radius 1 is 1.12 bits per heavy atom. The molecule has 0 fully saturated rings. The first-order valence-corrected chi connectivity index (χ1v) is 8.99. The Bertz CT molecular complexity index is 769. The summed E-state index contributed by atoms with van der Waals surface area (Å²) in [5, 5.41) is 3.45. The standard InChI is InChI=1S/C17H15Cl2NO3S/c1-10(17(21)20-14-8-11(18)2-4-13(14)19)24-12-3-5-15-16(9-12)23-7-6-22-15/h2-5,8-10H,6-7H2,1H3,(H,20,21)/t10-/m1/s1. The van der Waals surface area contributed by atoms with Gasteiger partial charge in [0.25, 0.3) is 0 Å². The summed E-state index contributed by atoms with van der Waals surface area (Å²) >= 11 is 13.4. The molecule has 0 bridgehead atoms. The van der Waals surface area contributed by atoms with Crippen LogP contribution >= 0.6 is 35.0 Å². The van der Waals surface area contributed by atoms with E-state index >= 15 is 0 Å². The molecule has 0 aromatic heterocycles. The molecule has 1 amide bonds. The third kappa shape index (κ3) is 4.09. The van der Waals surface area contributed by atoms with E-state index in [9.17, 15) is 4.79 Å². The van der Waals surface area contributed by atoms with Crippen LogP contribution in [0.5, 0.6) is 11.5 Å². The Labute approximate surface area is 154 Å². The van der Waals surface area contributed by atoms with E-state index in [0.29, 0.717) is 34.7 Å². The lowest BCUT2D eigenvalue weighted by Gasteiger charge is -2.19. The third-order valence-corrected chi connectivity index (χ3v) is 5.04. The average Bonchev–Trinajstić information content (AvgIpc) is 2.58. The predicted octanol–water partition coefficient (Wildman–Crippen LogP) is 4.88. The van der Waals surface area contributed by atoms with E-state index in [-0.39, 0.29) is 11.2 Å². The minimum absolute atomic E-state index is 0.154. The fraction of sp³-hybridized carbons (Fsp3) is 0.235. The van der Waals surface area contributed by atoms with Crippen LogP contribution in [-0.4, -0.2) is 24.4 Å². The van der Waals surface area contributed by atoms with Crippen LogP contribution in [0.4, 0.5) is 5.69 Å². The van der Waals surface area contributed by atoms with Crippen molar-refractivity contribution in [2.45, 2.75) is 17.1 Å². The van der Waals surface area contributed by atoms with Gasteiger partial charge >= 0.3 is 0 Å². The lowest BCUT2D eigenvalue weighted by molar-refractivity contribution is -0.115. The maximum absolute atomic E-state index is 12.4. The Hall–Kier alpha value is -1.56. The van der Waals surface area contributed by atoms with Crippen LogP contribution in [0.2, 0.25) is 10.0 Å². The van der Waals surface area contributed by atoms with Crippen molar-refractivity contribution in [3.8, 4) is 11.5 Å². The van der Waals surface area contributed by atoms with Gasteiger partial charge in [-0.25, -0.2) is 0 Å². The number of carbonyl (C=O) groups is 1. The van der Waals surface area contributed by atoms with Gasteiger partial charge in [0.2, 0.25) is 5.91 Å². The van der Waals surface area contributed by atoms with Crippen molar-refractivity contribution >= 4 is 46.6 Å². The van der Waals surface area contributed by atoms with Crippen LogP contribution in [0.25, 0.3) is 0 Å². The summed E-state index contributed by atoms with van der Waals surface area (Å²) in [6, 6.07) is 10.6. The second-order valence-corrected chi connectivity index (χ2v) is 7.44. The Kier molecular flexibility index (Phi) is 5.43. The molecule has 24 heavy (non-hydrogen) atoms. The van der Waals surface area contributed by atoms with Crippen LogP contribution in [0.15, 0.2) is 41.3 Å². The van der Waals surface area contributed by atoms with E-state index in [1.807, 2.05) is 25.1 Å². The second kappa shape index (κ2) is 7.55. The molecule has 0 unspecified atom stereocenters. The molecule has 1 aliphatic rings. The minimum Gasteiger partial charge on any atom is -0.486 e. The number of halogens is 2. The maximum Gasteiger partial charge on any atom is 0.237 e. The van der Waals surface area contributed by atoms with E-state index < -0.39 is 0 Å². The molecule has 1 atom stereocenters. The number of nitrogens with one attached hydrogen (secondary N) is 1. The quantitative estimate of drug-likeness (QED) is 0.763. The van der Waals surface area contributed by atoms with E-state index in [1.165, 1.54) is 11.8 Å². The summed E-state index contributed by atoms with van der Waals surface area (Å²) in [5.41, 5.74) is 0.504. The molecule has 1 aliphatic heterocycles. The summed E-state index contributed by atoms with van der Waals surface area (Å²) in [7, 11) is 0. The van der Waals surface area contributed by atoms with Crippen molar-refractivity contribution < 1.29 is 14.3 Å². The highest BCUT2D eigenvalue weighted by Crippen LogP contribution is 2.36. The molecule has 7 heteroatoms. The molecule has 0 spiro atoms. The van der Waals surface area contributed by atoms with Gasteiger partial charge in [-0.2, -0.15) is 0 Å². The molecule has 3 rings (SSSR count). The fourth-order valence-electron chi connectivity index (χ4n) is 2.18. The number of amides is 1. The molecular weight excluding hydrogens is 369 g/mol. The molecule has 0 radical (unpaired) electrons. The molecule has 0 aliphatic carbocycles. The lowest BCUT2D eigenvalue weighted by atomic mass is 10.3. The largest absolute Gasteiger partial charge is 0.486 e. The number of hydrogen-bond acceptors (Lipinski definition) is 4. The zero-order chi connectivity index (χ0) is 17.1. The highest BCUT2D eigenvalue weighted by molar-refractivity contribution is 8.00. The lowest BCUT2D eigenvalue weighted by Crippen LogP contribution is -2.22. The van der Waals surface area contributed by atoms with Crippen molar-refractivity contribution in [1.29, 1.82) is 0 Å². The van der Waals surface area contributed by atoms with Crippen molar-refractivity contribution in [1.82, 2.24) is 0 Å². The maximum atomic E-state index is 12.4. The number of fused-ring (bicyclic) bond motifs is 1. The van der Waals surface area contributed by atoms with E-state index in [0.717, 1.165) is 10.6 Å². The number of rotatable bonds is 4. The molecule has 126 valence electrons. The molecule has 1 heterocycles. The predicted molar refractivity (Wildman–Crippen MR) is 97.8 cm³/mol. The number of hydrogen-bond donors (Lipinski definition) is 1. The van der Waals surface area contributed by atoms with Gasteiger partial charge in [0.05, 0.1) is 16.0 Å². The van der Waals surface area contributed by atoms with Gasteiger partial charge in [0.15, 0.2) is 11.5 Å². The molecule has 0 saturated carbocycles. The summed E-state index contributed by atoms with van der Waals surface area (Å²) in [5.74, 6) is 1.28. The zero-order valence-corrected chi connectivity index (χ0v) is 15.2. The van der Waals surface area contributed by atoms with Gasteiger partial charge in [-0.3, -0.25) is 4.79 Å². The van der Waals surface area contributed by atoms with Gasteiger partial charge in [0, 0.05) is 9.92 Å². The first-order valence-electron chi connectivity index (χ1n) is 7.35. The monoisotopic (exact) mass is 383 g/mol. The van der Waals surface area contributed by atoms with Crippen molar-refractivity contribution in [3.05, 3.63) is 46.4 Å². The van der Waals surface area contributed by atoms with Crippen LogP contribution in [0.1, 0.15) is 6.92 Å². The first-order chi connectivity index (χ1) is 11.5. The summed E-state index contributed by atoms with van der Waals surface area (Å²) < 4.78 is 11.1. The minimum atomic E-state index is -0.317. The topological polar surface area (TPSA) is 47.6 Å². The van der Waals surface area contributed by atoms with E-state index in [4.69, 9.17) is 32.7 Å². The fourth-order valence-corrected chi connectivity index (χ4v) is 3.42. The molecule has 0 saturated heterocycles. The van der Waals surface area contributed by atoms with Gasteiger partial charge in [-0.15, -0.1) is 11.8 Å². The average molecular weight is 384 g/mol. The summed E-state index contributed by atoms with van der Waals surface area (Å²) in [6.07, 6.45) is 0. The number of ether oxygens (including phenoxy) is 2. The molecule has 2 aromatic carbocycles. The van der Waals surface area contributed by atoms with Crippen molar-refractivity contribution in [2.24, 2.45) is 0 Å². The highest BCUT2D eigenvalue weighted by Gasteiger charge is 2.18. The Morgan fingerprint density at radius 2 is 1.88 bits per heavy atom. The Balaban J connectivity index is 1.67. The number of carbonyl (C=O) groups excluding carboxylic acids is 1.